The summed E-state index contributed by atoms with van der Waals surface area (Å²) >= 11 is 1.95. The van der Waals surface area contributed by atoms with Crippen LogP contribution in [0.4, 0.5) is 30.7 Å². The minimum atomic E-state index is -5.08. The molecule has 2 aromatic heterocycles. The molecule has 4 rings (SSSR count). The number of hydrogen-bond donors (Lipinski definition) is 2. The van der Waals surface area contributed by atoms with E-state index in [1.54, 1.807) is 12.3 Å². The van der Waals surface area contributed by atoms with E-state index in [0.29, 0.717) is 0 Å². The number of halogens is 7. The summed E-state index contributed by atoms with van der Waals surface area (Å²) in [5.41, 5.74) is 1.24. The molecule has 206 valence electrons. The second-order valence-electron chi connectivity index (χ2n) is 8.00. The molecule has 0 saturated carbocycles. The van der Waals surface area contributed by atoms with Crippen molar-refractivity contribution in [3.05, 3.63) is 42.1 Å². The number of aliphatic carboxylic acids is 2. The highest BCUT2D eigenvalue weighted by atomic mass is 32.2. The Hall–Kier alpha value is -3.08. The zero-order chi connectivity index (χ0) is 28.0. The average molecular weight is 562 g/mol. The number of aryl methyl sites for hydroxylation is 1. The summed E-state index contributed by atoms with van der Waals surface area (Å²) in [6.07, 6.45) is -3.62. The van der Waals surface area contributed by atoms with Crippen molar-refractivity contribution < 1.29 is 55.3 Å². The van der Waals surface area contributed by atoms with Gasteiger partial charge in [-0.05, 0) is 12.1 Å². The van der Waals surface area contributed by atoms with Gasteiger partial charge in [0.1, 0.15) is 6.10 Å². The van der Waals surface area contributed by atoms with Crippen LogP contribution in [0.5, 0.6) is 5.88 Å². The number of rotatable bonds is 4. The summed E-state index contributed by atoms with van der Waals surface area (Å²) in [5, 5.41) is 18.5. The molecule has 2 N–H and O–H groups in total. The monoisotopic (exact) mass is 562 g/mol. The first-order valence-electron chi connectivity index (χ1n) is 10.2. The van der Waals surface area contributed by atoms with Crippen LogP contribution >= 0.6 is 11.8 Å². The van der Waals surface area contributed by atoms with E-state index in [-0.39, 0.29) is 22.5 Å². The Labute approximate surface area is 209 Å². The third-order valence-corrected chi connectivity index (χ3v) is 6.43. The molecule has 1 atom stereocenters. The number of carboxylic acids is 2. The SMILES string of the molecule is Cn1cc(CN2CC3(CC(Oc4ncccc4F)CS3)C2)cn1.O=C(O)C(F)(F)F.O=C(O)C(F)(F)F. The van der Waals surface area contributed by atoms with Crippen molar-refractivity contribution in [3.63, 3.8) is 0 Å². The Kier molecular flexibility index (Phi) is 9.76. The number of alkyl halides is 6. The fraction of sp³-hybridized carbons (Fsp3) is 0.500. The van der Waals surface area contributed by atoms with Gasteiger partial charge in [-0.25, -0.2) is 19.0 Å². The lowest BCUT2D eigenvalue weighted by Crippen LogP contribution is -2.58. The van der Waals surface area contributed by atoms with E-state index >= 15 is 0 Å². The number of thioether (sulfide) groups is 1. The Morgan fingerprint density at radius 2 is 1.73 bits per heavy atom. The number of ether oxygens (including phenoxy) is 1. The number of likely N-dealkylation sites (tertiary alicyclic amines) is 1. The smallest absolute Gasteiger partial charge is 0.475 e. The second-order valence-corrected chi connectivity index (χ2v) is 9.49. The van der Waals surface area contributed by atoms with Crippen LogP contribution in [0.25, 0.3) is 0 Å². The van der Waals surface area contributed by atoms with Crippen LogP contribution in [0.3, 0.4) is 0 Å². The minimum Gasteiger partial charge on any atom is -0.475 e. The lowest BCUT2D eigenvalue weighted by molar-refractivity contribution is -0.193. The molecule has 2 aromatic rings. The molecule has 2 fully saturated rings. The van der Waals surface area contributed by atoms with E-state index < -0.39 is 24.3 Å². The summed E-state index contributed by atoms with van der Waals surface area (Å²) in [6, 6.07) is 2.97. The highest BCUT2D eigenvalue weighted by molar-refractivity contribution is 8.01. The average Bonchev–Trinajstić information content (AvgIpc) is 3.35. The fourth-order valence-corrected chi connectivity index (χ4v) is 4.98. The van der Waals surface area contributed by atoms with Gasteiger partial charge in [0, 0.05) is 61.6 Å². The zero-order valence-corrected chi connectivity index (χ0v) is 19.8. The molecule has 0 amide bonds. The molecule has 37 heavy (non-hydrogen) atoms. The Balaban J connectivity index is 0.000000286. The molecular formula is C20H21F7N4O5S. The van der Waals surface area contributed by atoms with Gasteiger partial charge in [0.2, 0.25) is 0 Å². The van der Waals surface area contributed by atoms with E-state index in [0.717, 1.165) is 31.8 Å². The molecule has 1 unspecified atom stereocenters. The predicted molar refractivity (Wildman–Crippen MR) is 114 cm³/mol. The van der Waals surface area contributed by atoms with Crippen LogP contribution in [0.2, 0.25) is 0 Å². The Morgan fingerprint density at radius 1 is 1.16 bits per heavy atom. The van der Waals surface area contributed by atoms with Crippen LogP contribution in [-0.2, 0) is 23.2 Å². The van der Waals surface area contributed by atoms with Crippen molar-refractivity contribution >= 4 is 23.7 Å². The van der Waals surface area contributed by atoms with Crippen LogP contribution < -0.4 is 4.74 Å². The highest BCUT2D eigenvalue weighted by Gasteiger charge is 2.49. The van der Waals surface area contributed by atoms with Crippen LogP contribution in [0, 0.1) is 5.82 Å². The van der Waals surface area contributed by atoms with Crippen LogP contribution in [0.15, 0.2) is 30.7 Å². The molecule has 0 aliphatic carbocycles. The first-order chi connectivity index (χ1) is 17.0. The Bertz CT molecular complexity index is 1050. The van der Waals surface area contributed by atoms with Crippen molar-refractivity contribution in [3.8, 4) is 5.88 Å². The topological polar surface area (TPSA) is 118 Å². The van der Waals surface area contributed by atoms with Crippen molar-refractivity contribution in [2.45, 2.75) is 36.2 Å². The number of carbonyl (C=O) groups is 2. The summed E-state index contributed by atoms with van der Waals surface area (Å²) in [4.78, 5) is 24.2. The number of carboxylic acid groups (broad SMARTS) is 2. The van der Waals surface area contributed by atoms with Gasteiger partial charge >= 0.3 is 24.3 Å². The van der Waals surface area contributed by atoms with Gasteiger partial charge < -0.3 is 14.9 Å². The lowest BCUT2D eigenvalue weighted by atomic mass is 9.92. The first-order valence-corrected chi connectivity index (χ1v) is 11.2. The van der Waals surface area contributed by atoms with Crippen molar-refractivity contribution in [2.75, 3.05) is 18.8 Å². The van der Waals surface area contributed by atoms with Gasteiger partial charge in [0.15, 0.2) is 5.82 Å². The predicted octanol–water partition coefficient (Wildman–Crippen LogP) is 3.36. The number of nitrogens with zero attached hydrogens (tertiary/aromatic N) is 4. The molecule has 9 nitrogen and oxygen atoms in total. The van der Waals surface area contributed by atoms with E-state index in [1.807, 2.05) is 29.7 Å². The summed E-state index contributed by atoms with van der Waals surface area (Å²) in [5.74, 6) is -4.87. The third-order valence-electron chi connectivity index (χ3n) is 4.85. The highest BCUT2D eigenvalue weighted by Crippen LogP contribution is 2.46. The molecular weight excluding hydrogens is 541 g/mol. The summed E-state index contributed by atoms with van der Waals surface area (Å²) < 4.78 is 85.0. The van der Waals surface area contributed by atoms with Gasteiger partial charge in [0.25, 0.3) is 5.88 Å². The molecule has 4 heterocycles. The zero-order valence-electron chi connectivity index (χ0n) is 19.0. The molecule has 17 heteroatoms. The maximum absolute atomic E-state index is 13.6. The van der Waals surface area contributed by atoms with Crippen molar-refractivity contribution in [1.29, 1.82) is 0 Å². The summed E-state index contributed by atoms with van der Waals surface area (Å²) in [6.45, 7) is 3.05. The maximum Gasteiger partial charge on any atom is 0.490 e. The molecule has 2 aliphatic rings. The van der Waals surface area contributed by atoms with Gasteiger partial charge in [-0.15, -0.1) is 11.8 Å². The van der Waals surface area contributed by atoms with E-state index in [4.69, 9.17) is 24.5 Å². The molecule has 0 radical (unpaired) electrons. The van der Waals surface area contributed by atoms with Crippen molar-refractivity contribution in [2.24, 2.45) is 7.05 Å². The lowest BCUT2D eigenvalue weighted by Gasteiger charge is -2.47. The van der Waals surface area contributed by atoms with E-state index in [2.05, 4.69) is 21.2 Å². The first kappa shape index (κ1) is 30.1. The minimum absolute atomic E-state index is 0.0462. The molecule has 0 aromatic carbocycles. The molecule has 1 spiro atoms. The standard InChI is InChI=1S/C16H19FN4OS.2C2HF3O2/c1-20-7-12(6-19-20)8-21-10-16(11-21)5-13(9-23-16)22-15-14(17)3-2-4-18-15;2*3-2(4,5)1(6)7/h2-4,6-7,13H,5,8-11H2,1H3;2*(H,6,7). The largest absolute Gasteiger partial charge is 0.490 e. The second kappa shape index (κ2) is 12.0. The number of aromatic nitrogens is 3. The van der Waals surface area contributed by atoms with Crippen LogP contribution in [0.1, 0.15) is 12.0 Å². The fourth-order valence-electron chi connectivity index (χ4n) is 3.41. The maximum atomic E-state index is 13.6. The number of hydrogen-bond acceptors (Lipinski definition) is 7. The van der Waals surface area contributed by atoms with E-state index in [1.165, 1.54) is 11.6 Å². The Morgan fingerprint density at radius 3 is 2.19 bits per heavy atom. The summed E-state index contributed by atoms with van der Waals surface area (Å²) in [7, 11) is 1.94. The molecule has 2 aliphatic heterocycles. The molecule has 2 saturated heterocycles. The van der Waals surface area contributed by atoms with Gasteiger partial charge in [-0.2, -0.15) is 31.4 Å². The van der Waals surface area contributed by atoms with E-state index in [9.17, 15) is 30.7 Å². The normalized spacial score (nSPS) is 18.6. The van der Waals surface area contributed by atoms with Gasteiger partial charge in [-0.1, -0.05) is 0 Å². The van der Waals surface area contributed by atoms with Gasteiger partial charge in [-0.3, -0.25) is 9.58 Å². The van der Waals surface area contributed by atoms with Crippen molar-refractivity contribution in [1.82, 2.24) is 19.7 Å². The number of pyridine rings is 1. The van der Waals surface area contributed by atoms with Crippen LogP contribution in [-0.4, -0.2) is 83.9 Å². The third kappa shape index (κ3) is 9.38. The van der Waals surface area contributed by atoms with Gasteiger partial charge in [0.05, 0.1) is 6.20 Å². The quantitative estimate of drug-likeness (QED) is 0.541. The molecule has 0 bridgehead atoms.